The highest BCUT2D eigenvalue weighted by molar-refractivity contribution is 6.37. The number of para-hydroxylation sites is 2. The third-order valence-corrected chi connectivity index (χ3v) is 9.79. The Kier molecular flexibility index (Phi) is 7.10. The molecule has 9 rings (SSSR count). The first kappa shape index (κ1) is 30.5. The van der Waals surface area contributed by atoms with Crippen molar-refractivity contribution in [3.05, 3.63) is 180 Å². The van der Waals surface area contributed by atoms with Crippen LogP contribution in [-0.4, -0.2) is 16.4 Å². The van der Waals surface area contributed by atoms with E-state index in [1.165, 1.54) is 4.90 Å². The largest absolute Gasteiger partial charge is 0.306 e. The van der Waals surface area contributed by atoms with E-state index in [-0.39, 0.29) is 11.1 Å². The summed E-state index contributed by atoms with van der Waals surface area (Å²) in [7, 11) is 0. The summed E-state index contributed by atoms with van der Waals surface area (Å²) in [5, 5.41) is 22.1. The molecular formula is C46H26N4O2. The van der Waals surface area contributed by atoms with Gasteiger partial charge in [-0.25, -0.2) is 4.90 Å². The molecule has 0 N–H and O–H groups in total. The summed E-state index contributed by atoms with van der Waals surface area (Å²) in [4.78, 5) is 31.3. The van der Waals surface area contributed by atoms with Crippen LogP contribution >= 0.6 is 0 Å². The second kappa shape index (κ2) is 12.1. The van der Waals surface area contributed by atoms with Crippen LogP contribution in [0.25, 0.3) is 60.9 Å². The Morgan fingerprint density at radius 3 is 1.42 bits per heavy atom. The number of anilines is 1. The molecule has 0 radical (unpaired) electrons. The maximum atomic E-state index is 15.2. The Morgan fingerprint density at radius 2 is 0.923 bits per heavy atom. The zero-order chi connectivity index (χ0) is 35.3. The van der Waals surface area contributed by atoms with Crippen LogP contribution in [0, 0.1) is 22.7 Å². The summed E-state index contributed by atoms with van der Waals surface area (Å²) in [5.74, 6) is -0.943. The molecule has 1 aliphatic heterocycles. The Morgan fingerprint density at radius 1 is 0.442 bits per heavy atom. The van der Waals surface area contributed by atoms with Crippen molar-refractivity contribution in [2.45, 2.75) is 0 Å². The van der Waals surface area contributed by atoms with Crippen LogP contribution in [-0.2, 0) is 0 Å². The van der Waals surface area contributed by atoms with E-state index in [1.807, 2.05) is 132 Å². The Labute approximate surface area is 299 Å². The number of imide groups is 1. The summed E-state index contributed by atoms with van der Waals surface area (Å²) in [6.45, 7) is 0. The number of aromatic nitrogens is 1. The van der Waals surface area contributed by atoms with Gasteiger partial charge in [-0.3, -0.25) is 9.59 Å². The molecule has 0 saturated carbocycles. The molecule has 0 unspecified atom stereocenters. The number of carbonyl (C=O) groups is 2. The van der Waals surface area contributed by atoms with Crippen molar-refractivity contribution in [2.75, 3.05) is 4.90 Å². The van der Waals surface area contributed by atoms with Crippen molar-refractivity contribution in [1.82, 2.24) is 4.57 Å². The minimum atomic E-state index is -0.490. The van der Waals surface area contributed by atoms with E-state index in [2.05, 4.69) is 12.1 Å². The second-order valence-corrected chi connectivity index (χ2v) is 12.6. The van der Waals surface area contributed by atoms with Gasteiger partial charge in [0.25, 0.3) is 11.8 Å². The third-order valence-electron chi connectivity index (χ3n) is 9.79. The van der Waals surface area contributed by atoms with E-state index in [1.54, 1.807) is 30.3 Å². The smallest absolute Gasteiger partial charge is 0.268 e. The van der Waals surface area contributed by atoms with Gasteiger partial charge < -0.3 is 4.57 Å². The van der Waals surface area contributed by atoms with Crippen molar-refractivity contribution in [2.24, 2.45) is 0 Å². The lowest BCUT2D eigenvalue weighted by Gasteiger charge is -2.24. The minimum Gasteiger partial charge on any atom is -0.306 e. The standard InChI is InChI=1S/C46H26N4O2/c47-27-32-19-10-21-35-36-22-11-20-33(28-48)43(36)49(42(32)35)40-24-12-23-37-41(40)46(52)50(45(37)51)44-38(30-15-6-2-7-16-30)25-34(29-13-4-1-5-14-29)26-39(44)31-17-8-3-9-18-31/h1-26H. The molecular weight excluding hydrogens is 641 g/mol. The first-order valence-corrected chi connectivity index (χ1v) is 16.8. The highest BCUT2D eigenvalue weighted by atomic mass is 16.2. The molecule has 2 amide bonds. The van der Waals surface area contributed by atoms with Gasteiger partial charge in [-0.15, -0.1) is 0 Å². The van der Waals surface area contributed by atoms with Crippen LogP contribution in [0.15, 0.2) is 158 Å². The molecule has 0 aliphatic carbocycles. The maximum Gasteiger partial charge on any atom is 0.268 e. The molecule has 8 aromatic rings. The SMILES string of the molecule is N#Cc1cccc2c3cccc(C#N)c3n(-c3cccc4c3C(=O)N(c3c(-c5ccccc5)cc(-c5ccccc5)cc3-c3ccccc3)C4=O)c12. The summed E-state index contributed by atoms with van der Waals surface area (Å²) in [5.41, 5.74) is 8.36. The number of fused-ring (bicyclic) bond motifs is 4. The van der Waals surface area contributed by atoms with E-state index in [9.17, 15) is 15.3 Å². The predicted molar refractivity (Wildman–Crippen MR) is 204 cm³/mol. The number of carbonyl (C=O) groups excluding carboxylic acids is 2. The lowest BCUT2D eigenvalue weighted by atomic mass is 9.90. The number of hydrogen-bond donors (Lipinski definition) is 0. The summed E-state index contributed by atoms with van der Waals surface area (Å²) >= 11 is 0. The molecule has 52 heavy (non-hydrogen) atoms. The highest BCUT2D eigenvalue weighted by Crippen LogP contribution is 2.47. The van der Waals surface area contributed by atoms with Crippen LogP contribution in [0.1, 0.15) is 31.8 Å². The fourth-order valence-corrected chi connectivity index (χ4v) is 7.54. The molecule has 6 heteroatoms. The van der Waals surface area contributed by atoms with Gasteiger partial charge in [-0.2, -0.15) is 10.5 Å². The fraction of sp³-hybridized carbons (Fsp3) is 0. The zero-order valence-electron chi connectivity index (χ0n) is 27.6. The van der Waals surface area contributed by atoms with Gasteiger partial charge >= 0.3 is 0 Å². The van der Waals surface area contributed by atoms with Gasteiger partial charge in [-0.05, 0) is 58.7 Å². The lowest BCUT2D eigenvalue weighted by Crippen LogP contribution is -2.30. The second-order valence-electron chi connectivity index (χ2n) is 12.6. The van der Waals surface area contributed by atoms with Crippen molar-refractivity contribution in [1.29, 1.82) is 10.5 Å². The molecule has 0 spiro atoms. The van der Waals surface area contributed by atoms with Crippen molar-refractivity contribution in [3.63, 3.8) is 0 Å². The van der Waals surface area contributed by atoms with Crippen LogP contribution in [0.5, 0.6) is 0 Å². The average Bonchev–Trinajstić information content (AvgIpc) is 3.69. The maximum absolute atomic E-state index is 15.2. The number of nitriles is 2. The summed E-state index contributed by atoms with van der Waals surface area (Å²) < 4.78 is 1.81. The first-order chi connectivity index (χ1) is 25.6. The molecule has 6 nitrogen and oxygen atoms in total. The first-order valence-electron chi connectivity index (χ1n) is 16.8. The van der Waals surface area contributed by atoms with Crippen molar-refractivity contribution < 1.29 is 9.59 Å². The molecule has 0 fully saturated rings. The molecule has 0 saturated heterocycles. The van der Waals surface area contributed by atoms with Crippen LogP contribution < -0.4 is 4.90 Å². The Hall–Kier alpha value is -7.54. The predicted octanol–water partition coefficient (Wildman–Crippen LogP) is 10.3. The van der Waals surface area contributed by atoms with Crippen LogP contribution in [0.2, 0.25) is 0 Å². The molecule has 1 aromatic heterocycles. The zero-order valence-corrected chi connectivity index (χ0v) is 27.6. The Balaban J connectivity index is 1.35. The van der Waals surface area contributed by atoms with E-state index in [0.29, 0.717) is 33.5 Å². The monoisotopic (exact) mass is 666 g/mol. The summed E-state index contributed by atoms with van der Waals surface area (Å²) in [6.07, 6.45) is 0. The van der Waals surface area contributed by atoms with E-state index in [0.717, 1.165) is 44.2 Å². The van der Waals surface area contributed by atoms with Crippen molar-refractivity contribution in [3.8, 4) is 51.2 Å². The number of amides is 2. The van der Waals surface area contributed by atoms with E-state index < -0.39 is 11.8 Å². The Bertz CT molecular complexity index is 2710. The summed E-state index contributed by atoms with van der Waals surface area (Å²) in [6, 6.07) is 54.4. The van der Waals surface area contributed by atoms with Gasteiger partial charge in [0.15, 0.2) is 0 Å². The van der Waals surface area contributed by atoms with Crippen LogP contribution in [0.3, 0.4) is 0 Å². The van der Waals surface area contributed by atoms with Gasteiger partial charge in [0.05, 0.1) is 44.7 Å². The fourth-order valence-electron chi connectivity index (χ4n) is 7.54. The van der Waals surface area contributed by atoms with Crippen molar-refractivity contribution >= 4 is 39.3 Å². The van der Waals surface area contributed by atoms with Gasteiger partial charge in [0, 0.05) is 21.9 Å². The van der Waals surface area contributed by atoms with E-state index in [4.69, 9.17) is 0 Å². The van der Waals surface area contributed by atoms with Crippen LogP contribution in [0.4, 0.5) is 5.69 Å². The number of hydrogen-bond acceptors (Lipinski definition) is 4. The normalized spacial score (nSPS) is 12.2. The van der Waals surface area contributed by atoms with Gasteiger partial charge in [0.1, 0.15) is 12.1 Å². The molecule has 242 valence electrons. The quantitative estimate of drug-likeness (QED) is 0.171. The highest BCUT2D eigenvalue weighted by Gasteiger charge is 2.42. The minimum absolute atomic E-state index is 0.206. The molecule has 7 aromatic carbocycles. The third kappa shape index (κ3) is 4.56. The van der Waals surface area contributed by atoms with Gasteiger partial charge in [-0.1, -0.05) is 121 Å². The molecule has 1 aliphatic rings. The number of nitrogens with zero attached hydrogens (tertiary/aromatic N) is 4. The number of rotatable bonds is 5. The van der Waals surface area contributed by atoms with E-state index >= 15 is 4.79 Å². The van der Waals surface area contributed by atoms with Gasteiger partial charge in [0.2, 0.25) is 0 Å². The molecule has 2 heterocycles. The number of benzene rings is 7. The topological polar surface area (TPSA) is 89.9 Å². The molecule has 0 atom stereocenters. The molecule has 0 bridgehead atoms. The lowest BCUT2D eigenvalue weighted by molar-refractivity contribution is 0.0926. The average molecular weight is 667 g/mol.